The van der Waals surface area contributed by atoms with E-state index in [1.807, 2.05) is 24.3 Å². The molecular formula is C40H38O6. The zero-order chi connectivity index (χ0) is 32.5. The molecule has 46 heavy (non-hydrogen) atoms. The van der Waals surface area contributed by atoms with Crippen LogP contribution in [0, 0.1) is 0 Å². The third-order valence-electron chi connectivity index (χ3n) is 8.15. The zero-order valence-electron chi connectivity index (χ0n) is 26.3. The van der Waals surface area contributed by atoms with Gasteiger partial charge in [0.1, 0.15) is 37.9 Å². The van der Waals surface area contributed by atoms with Gasteiger partial charge in [-0.15, -0.1) is 0 Å². The Labute approximate surface area is 270 Å². The van der Waals surface area contributed by atoms with Crippen molar-refractivity contribution in [3.05, 3.63) is 150 Å². The minimum Gasteiger partial charge on any atom is -0.490 e. The van der Waals surface area contributed by atoms with E-state index in [9.17, 15) is 9.59 Å². The van der Waals surface area contributed by atoms with Crippen LogP contribution < -0.4 is 9.47 Å². The molecule has 234 valence electrons. The molecule has 6 nitrogen and oxygen atoms in total. The lowest BCUT2D eigenvalue weighted by atomic mass is 9.65. The number of allylic oxidation sites excluding steroid dienone is 4. The van der Waals surface area contributed by atoms with Crippen LogP contribution in [0.5, 0.6) is 11.5 Å². The second kappa shape index (κ2) is 14.6. The molecule has 4 aromatic rings. The molecule has 0 unspecified atom stereocenters. The molecule has 0 atom stereocenters. The predicted octanol–water partition coefficient (Wildman–Crippen LogP) is 8.14. The van der Waals surface area contributed by atoms with Crippen LogP contribution in [0.25, 0.3) is 16.3 Å². The fourth-order valence-electron chi connectivity index (χ4n) is 6.30. The number of ether oxygens (including phenoxy) is 4. The van der Waals surface area contributed by atoms with Gasteiger partial charge in [0.15, 0.2) is 0 Å². The molecule has 0 N–H and O–H groups in total. The molecule has 0 radical (unpaired) electrons. The summed E-state index contributed by atoms with van der Waals surface area (Å²) in [5, 5.41) is 2.37. The molecule has 0 aliphatic heterocycles. The lowest BCUT2D eigenvalue weighted by Gasteiger charge is -2.36. The summed E-state index contributed by atoms with van der Waals surface area (Å²) >= 11 is 0. The summed E-state index contributed by atoms with van der Waals surface area (Å²) in [6, 6.07) is 29.4. The van der Waals surface area contributed by atoms with Crippen molar-refractivity contribution >= 4 is 28.3 Å². The second-order valence-electron chi connectivity index (χ2n) is 10.7. The first kappa shape index (κ1) is 32.0. The van der Waals surface area contributed by atoms with Gasteiger partial charge in [-0.25, -0.2) is 9.59 Å². The van der Waals surface area contributed by atoms with Gasteiger partial charge in [-0.05, 0) is 81.8 Å². The van der Waals surface area contributed by atoms with Gasteiger partial charge in [0.05, 0.1) is 5.41 Å². The van der Waals surface area contributed by atoms with Crippen LogP contribution in [-0.4, -0.2) is 38.4 Å². The van der Waals surface area contributed by atoms with E-state index in [2.05, 4.69) is 99.8 Å². The lowest BCUT2D eigenvalue weighted by Crippen LogP contribution is -2.29. The fraction of sp³-hybridized carbons (Fsp3) is 0.200. The molecule has 6 heteroatoms. The highest BCUT2D eigenvalue weighted by Crippen LogP contribution is 2.57. The van der Waals surface area contributed by atoms with Crippen molar-refractivity contribution in [2.45, 2.75) is 25.7 Å². The van der Waals surface area contributed by atoms with Gasteiger partial charge < -0.3 is 18.9 Å². The van der Waals surface area contributed by atoms with Crippen molar-refractivity contribution < 1.29 is 28.5 Å². The molecule has 0 bridgehead atoms. The molecule has 0 aromatic heterocycles. The van der Waals surface area contributed by atoms with Crippen molar-refractivity contribution in [3.8, 4) is 11.5 Å². The molecule has 0 spiro atoms. The number of esters is 2. The van der Waals surface area contributed by atoms with E-state index in [1.165, 1.54) is 33.0 Å². The van der Waals surface area contributed by atoms with Crippen LogP contribution in [0.3, 0.4) is 0 Å². The van der Waals surface area contributed by atoms with E-state index in [-0.39, 0.29) is 26.4 Å². The molecular weight excluding hydrogens is 576 g/mol. The summed E-state index contributed by atoms with van der Waals surface area (Å²) < 4.78 is 21.9. The van der Waals surface area contributed by atoms with Crippen LogP contribution in [0.2, 0.25) is 0 Å². The Morgan fingerprint density at radius 2 is 1.26 bits per heavy atom. The standard InChI is InChI=1S/C40H38O6/c1-5-11-36-33(6-2)35-23-14-28-12-9-10-13-34(28)39(35)40(36,29-15-19-31(20-16-29)43-24-26-45-37(41)7-3)30-17-21-32(22-18-30)44-25-27-46-38(42)8-4/h5,7-23H,3-4,6,24-27H2,1-2H3/b11-5-. The van der Waals surface area contributed by atoms with Crippen LogP contribution >= 0.6 is 0 Å². The van der Waals surface area contributed by atoms with Gasteiger partial charge in [-0.3, -0.25) is 0 Å². The second-order valence-corrected chi connectivity index (χ2v) is 10.7. The molecule has 0 saturated carbocycles. The van der Waals surface area contributed by atoms with Crippen molar-refractivity contribution in [1.29, 1.82) is 0 Å². The summed E-state index contributed by atoms with van der Waals surface area (Å²) in [4.78, 5) is 22.8. The van der Waals surface area contributed by atoms with E-state index in [0.29, 0.717) is 11.5 Å². The number of hydrogen-bond donors (Lipinski definition) is 0. The molecule has 1 aliphatic rings. The Balaban J connectivity index is 1.62. The number of carbonyl (C=O) groups excluding carboxylic acids is 2. The molecule has 0 amide bonds. The third-order valence-corrected chi connectivity index (χ3v) is 8.15. The van der Waals surface area contributed by atoms with Crippen LogP contribution in [0.1, 0.15) is 42.5 Å². The van der Waals surface area contributed by atoms with E-state index in [0.717, 1.165) is 29.7 Å². The first-order chi connectivity index (χ1) is 22.5. The van der Waals surface area contributed by atoms with Gasteiger partial charge in [0.2, 0.25) is 0 Å². The number of carbonyl (C=O) groups is 2. The SMILES string of the molecule is C=CC(=O)OCCOc1ccc(C2(c3ccc(OCCOC(=O)C=C)cc3)C(/C=C\C)=C(CC)c3ccc4ccccc4c32)cc1. The highest BCUT2D eigenvalue weighted by Gasteiger charge is 2.47. The Morgan fingerprint density at radius 1 is 0.717 bits per heavy atom. The zero-order valence-corrected chi connectivity index (χ0v) is 26.3. The minimum absolute atomic E-state index is 0.134. The average Bonchev–Trinajstić information content (AvgIpc) is 3.39. The molecule has 5 rings (SSSR count). The topological polar surface area (TPSA) is 71.1 Å². The van der Waals surface area contributed by atoms with Crippen LogP contribution in [0.4, 0.5) is 0 Å². The fourth-order valence-corrected chi connectivity index (χ4v) is 6.30. The first-order valence-corrected chi connectivity index (χ1v) is 15.4. The van der Waals surface area contributed by atoms with Crippen molar-refractivity contribution in [2.75, 3.05) is 26.4 Å². The van der Waals surface area contributed by atoms with E-state index in [1.54, 1.807) is 0 Å². The van der Waals surface area contributed by atoms with Crippen LogP contribution in [0.15, 0.2) is 128 Å². The van der Waals surface area contributed by atoms with E-state index in [4.69, 9.17) is 18.9 Å². The summed E-state index contributed by atoms with van der Waals surface area (Å²) in [6.45, 7) is 11.8. The highest BCUT2D eigenvalue weighted by atomic mass is 16.6. The summed E-state index contributed by atoms with van der Waals surface area (Å²) in [5.74, 6) is 0.405. The Hall–Kier alpha value is -5.36. The van der Waals surface area contributed by atoms with Crippen molar-refractivity contribution in [1.82, 2.24) is 0 Å². The van der Waals surface area contributed by atoms with Gasteiger partial charge in [0.25, 0.3) is 0 Å². The molecule has 4 aromatic carbocycles. The number of hydrogen-bond acceptors (Lipinski definition) is 6. The summed E-state index contributed by atoms with van der Waals surface area (Å²) in [5.41, 5.74) is 6.55. The molecule has 1 aliphatic carbocycles. The monoisotopic (exact) mass is 614 g/mol. The first-order valence-electron chi connectivity index (χ1n) is 15.4. The maximum absolute atomic E-state index is 11.4. The van der Waals surface area contributed by atoms with Gasteiger partial charge in [0, 0.05) is 12.2 Å². The van der Waals surface area contributed by atoms with E-state index < -0.39 is 17.4 Å². The predicted molar refractivity (Wildman–Crippen MR) is 182 cm³/mol. The van der Waals surface area contributed by atoms with E-state index >= 15 is 0 Å². The normalized spacial score (nSPS) is 13.3. The lowest BCUT2D eigenvalue weighted by molar-refractivity contribution is -0.139. The highest BCUT2D eigenvalue weighted by molar-refractivity contribution is 5.99. The quantitative estimate of drug-likeness (QED) is 0.0811. The largest absolute Gasteiger partial charge is 0.490 e. The summed E-state index contributed by atoms with van der Waals surface area (Å²) in [7, 11) is 0. The number of benzene rings is 4. The number of fused-ring (bicyclic) bond motifs is 3. The van der Waals surface area contributed by atoms with Crippen molar-refractivity contribution in [3.63, 3.8) is 0 Å². The maximum Gasteiger partial charge on any atom is 0.330 e. The Morgan fingerprint density at radius 3 is 1.76 bits per heavy atom. The minimum atomic E-state index is -0.635. The Bertz CT molecular complexity index is 1720. The van der Waals surface area contributed by atoms with Crippen LogP contribution in [-0.2, 0) is 24.5 Å². The van der Waals surface area contributed by atoms with Gasteiger partial charge in [-0.1, -0.05) is 92.9 Å². The average molecular weight is 615 g/mol. The summed E-state index contributed by atoms with van der Waals surface area (Å²) in [6.07, 6.45) is 7.49. The maximum atomic E-state index is 11.4. The number of rotatable bonds is 14. The van der Waals surface area contributed by atoms with Gasteiger partial charge in [-0.2, -0.15) is 0 Å². The molecule has 0 heterocycles. The molecule has 0 fully saturated rings. The smallest absolute Gasteiger partial charge is 0.330 e. The Kier molecular flexibility index (Phi) is 10.2. The molecule has 0 saturated heterocycles. The third kappa shape index (κ3) is 6.24. The van der Waals surface area contributed by atoms with Crippen molar-refractivity contribution in [2.24, 2.45) is 0 Å². The van der Waals surface area contributed by atoms with Gasteiger partial charge >= 0.3 is 11.9 Å².